The van der Waals surface area contributed by atoms with Crippen LogP contribution in [0, 0.1) is 0 Å². The molecule has 294 valence electrons. The van der Waals surface area contributed by atoms with Crippen molar-refractivity contribution in [2.24, 2.45) is 0 Å². The van der Waals surface area contributed by atoms with E-state index in [-0.39, 0.29) is 59.3 Å². The Morgan fingerprint density at radius 1 is 0.927 bits per heavy atom. The third-order valence-electron chi connectivity index (χ3n) is 10.8. The predicted octanol–water partition coefficient (Wildman–Crippen LogP) is 6.73. The molecule has 2 aromatic heterocycles. The number of nitrogens with zero attached hydrogens (tertiary/aromatic N) is 2. The number of rotatable bonds is 10. The van der Waals surface area contributed by atoms with Gasteiger partial charge in [0.15, 0.2) is 5.01 Å². The van der Waals surface area contributed by atoms with Crippen LogP contribution in [0.5, 0.6) is 0 Å². The van der Waals surface area contributed by atoms with Crippen molar-refractivity contribution in [1.29, 1.82) is 0 Å². The van der Waals surface area contributed by atoms with Crippen LogP contribution in [0.15, 0.2) is 84.9 Å². The van der Waals surface area contributed by atoms with Gasteiger partial charge in [0.1, 0.15) is 5.69 Å². The van der Waals surface area contributed by atoms with Crippen molar-refractivity contribution in [2.75, 3.05) is 26.2 Å². The zero-order valence-electron chi connectivity index (χ0n) is 31.9. The van der Waals surface area contributed by atoms with E-state index in [9.17, 15) is 9.59 Å². The quantitative estimate of drug-likeness (QED) is 0.116. The molecule has 0 aliphatic carbocycles. The second-order valence-electron chi connectivity index (χ2n) is 15.9. The van der Waals surface area contributed by atoms with Crippen molar-refractivity contribution in [2.45, 2.75) is 76.7 Å². The number of aromatic amines is 1. The topological polar surface area (TPSA) is 111 Å². The van der Waals surface area contributed by atoms with Crippen LogP contribution in [0.3, 0.4) is 0 Å². The van der Waals surface area contributed by atoms with Gasteiger partial charge in [0.2, 0.25) is 0 Å². The Morgan fingerprint density at radius 2 is 1.58 bits per heavy atom. The molecule has 2 amide bonds. The van der Waals surface area contributed by atoms with Crippen LogP contribution < -0.4 is 26.3 Å². The summed E-state index contributed by atoms with van der Waals surface area (Å²) in [5.74, 6) is -0.423. The molecule has 0 spiro atoms. The number of H-pyrrole nitrogens is 1. The fourth-order valence-corrected chi connectivity index (χ4v) is 13.8. The number of thiazole rings is 1. The smallest absolute Gasteiger partial charge is 0.280 e. The molecular weight excluding hydrogens is 791 g/mol. The van der Waals surface area contributed by atoms with Gasteiger partial charge in [0.05, 0.1) is 24.4 Å². The standard InChI is InChI=1S/C41H49ClN6O3SSi.2ClH/c1-40(2,3)53(29-12-8-6-9-13-29,30-14-10-7-11-15-30)51-26-41(4,5)48-21-19-33-36(25-48)52-39(47-33)38(50)46-35-24-43-20-18-32(35)45-37(49)34-23-27-22-28(42)16-17-31(27)44-34;;/h6-17,22-23,32,35,43-44H,18-21,24-26H2,1-5H3,(H,45,49)(H,46,50);2*1H/t32-,35+;;/m0../s1. The van der Waals surface area contributed by atoms with Gasteiger partial charge in [0, 0.05) is 52.4 Å². The molecule has 4 heterocycles. The number of hydrogen-bond donors (Lipinski definition) is 4. The maximum Gasteiger partial charge on any atom is 0.280 e. The number of aromatic nitrogens is 2. The number of hydrogen-bond acceptors (Lipinski definition) is 7. The first kappa shape index (κ1) is 42.9. The SMILES string of the molecule is CC(C)(CO[Si](c1ccccc1)(c1ccccc1)C(C)(C)C)N1CCc2nc(C(=O)N[C@@H]3CNCC[C@@H]3NC(=O)c3cc4cc(Cl)ccc4[nH]3)sc2C1.Cl.Cl. The Balaban J connectivity index is 0.00000290. The highest BCUT2D eigenvalue weighted by Gasteiger charge is 2.51. The molecule has 1 fully saturated rings. The van der Waals surface area contributed by atoms with E-state index in [4.69, 9.17) is 21.0 Å². The van der Waals surface area contributed by atoms with Crippen molar-refractivity contribution >= 4 is 89.2 Å². The summed E-state index contributed by atoms with van der Waals surface area (Å²) in [7, 11) is -2.70. The molecule has 3 aromatic carbocycles. The summed E-state index contributed by atoms with van der Waals surface area (Å²) in [4.78, 5) is 38.6. The molecule has 2 atom stereocenters. The Bertz CT molecular complexity index is 2050. The largest absolute Gasteiger partial charge is 0.406 e. The first-order chi connectivity index (χ1) is 25.3. The van der Waals surface area contributed by atoms with Gasteiger partial charge < -0.3 is 25.4 Å². The van der Waals surface area contributed by atoms with Crippen LogP contribution in [0.1, 0.15) is 71.9 Å². The fraction of sp³-hybridized carbons (Fsp3) is 0.390. The Labute approximate surface area is 346 Å². The molecule has 2 aliphatic rings. The molecule has 55 heavy (non-hydrogen) atoms. The molecule has 4 N–H and O–H groups in total. The van der Waals surface area contributed by atoms with Gasteiger partial charge in [-0.1, -0.05) is 93.0 Å². The van der Waals surface area contributed by atoms with E-state index in [0.717, 1.165) is 41.0 Å². The van der Waals surface area contributed by atoms with Gasteiger partial charge in [-0.2, -0.15) is 0 Å². The van der Waals surface area contributed by atoms with Gasteiger partial charge in [-0.3, -0.25) is 14.5 Å². The molecule has 2 aliphatic heterocycles. The normalized spacial score (nSPS) is 17.8. The number of halogens is 3. The first-order valence-corrected chi connectivity index (χ1v) is 21.5. The summed E-state index contributed by atoms with van der Waals surface area (Å²) in [6.45, 7) is 14.9. The molecule has 7 rings (SSSR count). The van der Waals surface area contributed by atoms with E-state index in [1.54, 1.807) is 12.1 Å². The third-order valence-corrected chi connectivity index (χ3v) is 17.1. The van der Waals surface area contributed by atoms with Crippen LogP contribution in [-0.4, -0.2) is 78.9 Å². The summed E-state index contributed by atoms with van der Waals surface area (Å²) in [6, 6.07) is 28.3. The monoisotopic (exact) mass is 840 g/mol. The van der Waals surface area contributed by atoms with E-state index in [0.29, 0.717) is 41.8 Å². The Kier molecular flexibility index (Phi) is 13.6. The number of amides is 2. The molecule has 0 bridgehead atoms. The van der Waals surface area contributed by atoms with Crippen molar-refractivity contribution in [3.05, 3.63) is 111 Å². The van der Waals surface area contributed by atoms with Crippen molar-refractivity contribution in [3.8, 4) is 0 Å². The lowest BCUT2D eigenvalue weighted by molar-refractivity contribution is 0.0530. The second kappa shape index (κ2) is 17.5. The number of nitrogens with one attached hydrogen (secondary N) is 4. The zero-order valence-corrected chi connectivity index (χ0v) is 36.1. The van der Waals surface area contributed by atoms with Gasteiger partial charge >= 0.3 is 0 Å². The summed E-state index contributed by atoms with van der Waals surface area (Å²) in [5.41, 5.74) is 2.03. The van der Waals surface area contributed by atoms with Crippen molar-refractivity contribution < 1.29 is 14.0 Å². The number of carbonyl (C=O) groups is 2. The van der Waals surface area contributed by atoms with E-state index < -0.39 is 8.32 Å². The molecule has 0 radical (unpaired) electrons. The van der Waals surface area contributed by atoms with Crippen molar-refractivity contribution in [3.63, 3.8) is 0 Å². The van der Waals surface area contributed by atoms with Crippen molar-refractivity contribution in [1.82, 2.24) is 30.8 Å². The lowest BCUT2D eigenvalue weighted by atomic mass is 10.0. The summed E-state index contributed by atoms with van der Waals surface area (Å²) >= 11 is 7.62. The fourth-order valence-electron chi connectivity index (χ4n) is 7.83. The summed E-state index contributed by atoms with van der Waals surface area (Å²) in [6.07, 6.45) is 1.46. The maximum atomic E-state index is 13.7. The molecule has 9 nitrogen and oxygen atoms in total. The number of fused-ring (bicyclic) bond motifs is 2. The molecule has 5 aromatic rings. The minimum absolute atomic E-state index is 0. The van der Waals surface area contributed by atoms with Crippen LogP contribution in [-0.2, 0) is 17.4 Å². The maximum absolute atomic E-state index is 13.7. The molecule has 0 unspecified atom stereocenters. The van der Waals surface area contributed by atoms with Crippen LogP contribution in [0.4, 0.5) is 0 Å². The van der Waals surface area contributed by atoms with E-state index in [2.05, 4.69) is 121 Å². The third kappa shape index (κ3) is 9.00. The minimum Gasteiger partial charge on any atom is -0.406 e. The first-order valence-electron chi connectivity index (χ1n) is 18.4. The van der Waals surface area contributed by atoms with Gasteiger partial charge in [-0.15, -0.1) is 36.2 Å². The van der Waals surface area contributed by atoms with Crippen LogP contribution in [0.2, 0.25) is 10.1 Å². The molecule has 1 saturated heterocycles. The van der Waals surface area contributed by atoms with E-state index >= 15 is 0 Å². The lowest BCUT2D eigenvalue weighted by Crippen LogP contribution is -2.68. The molecule has 0 saturated carbocycles. The molecule has 14 heteroatoms. The number of carbonyl (C=O) groups excluding carboxylic acids is 2. The summed E-state index contributed by atoms with van der Waals surface area (Å²) in [5, 5.41) is 14.1. The Morgan fingerprint density at radius 3 is 2.24 bits per heavy atom. The van der Waals surface area contributed by atoms with Crippen LogP contribution in [0.25, 0.3) is 10.9 Å². The average Bonchev–Trinajstić information content (AvgIpc) is 3.77. The van der Waals surface area contributed by atoms with Gasteiger partial charge in [-0.25, -0.2) is 4.98 Å². The van der Waals surface area contributed by atoms with E-state index in [1.165, 1.54) is 21.7 Å². The Hall–Kier alpha value is -3.26. The van der Waals surface area contributed by atoms with Gasteiger partial charge in [0.25, 0.3) is 20.1 Å². The van der Waals surface area contributed by atoms with E-state index in [1.807, 2.05) is 12.1 Å². The highest BCUT2D eigenvalue weighted by molar-refractivity contribution is 7.13. The second-order valence-corrected chi connectivity index (χ2v) is 21.7. The molecular formula is C41H51Cl3N6O3SSi. The number of benzene rings is 3. The highest BCUT2D eigenvalue weighted by Crippen LogP contribution is 2.38. The highest BCUT2D eigenvalue weighted by atomic mass is 35.5. The van der Waals surface area contributed by atoms with Gasteiger partial charge in [-0.05, 0) is 66.5 Å². The van der Waals surface area contributed by atoms with Crippen LogP contribution >= 0.6 is 47.8 Å². The predicted molar refractivity (Wildman–Crippen MR) is 232 cm³/mol. The minimum atomic E-state index is -2.70. The average molecular weight is 842 g/mol. The lowest BCUT2D eigenvalue weighted by Gasteiger charge is -2.47. The summed E-state index contributed by atoms with van der Waals surface area (Å²) < 4.78 is 7.36. The number of piperidine rings is 1. The zero-order chi connectivity index (χ0) is 37.4.